The van der Waals surface area contributed by atoms with Crippen LogP contribution >= 0.6 is 11.3 Å². The van der Waals surface area contributed by atoms with Gasteiger partial charge < -0.3 is 15.0 Å². The van der Waals surface area contributed by atoms with Gasteiger partial charge in [0.1, 0.15) is 5.67 Å². The predicted octanol–water partition coefficient (Wildman–Crippen LogP) is 4.29. The number of ether oxygens (including phenoxy) is 1. The zero-order valence-electron chi connectivity index (χ0n) is 20.1. The number of fused-ring (bicyclic) bond motifs is 1. The molecular formula is C25H33F3N4O2S. The van der Waals surface area contributed by atoms with Crippen LogP contribution in [-0.2, 0) is 24.1 Å². The molecule has 4 rings (SSSR count). The third kappa shape index (κ3) is 7.64. The molecule has 1 amide bonds. The number of thiazole rings is 1. The first kappa shape index (κ1) is 25.9. The van der Waals surface area contributed by atoms with Crippen LogP contribution in [-0.4, -0.2) is 65.2 Å². The number of hydrogen-bond donors (Lipinski definition) is 1. The highest BCUT2D eigenvalue weighted by Gasteiger charge is 2.36. The number of carbonyl (C=O) groups is 1. The third-order valence-electron chi connectivity index (χ3n) is 6.89. The van der Waals surface area contributed by atoms with Crippen molar-refractivity contribution in [1.29, 1.82) is 0 Å². The van der Waals surface area contributed by atoms with Gasteiger partial charge in [-0.05, 0) is 51.0 Å². The first-order valence-corrected chi connectivity index (χ1v) is 13.1. The summed E-state index contributed by atoms with van der Waals surface area (Å²) in [5.74, 6) is 0.205. The highest BCUT2D eigenvalue weighted by molar-refractivity contribution is 7.11. The molecule has 3 heterocycles. The average molecular weight is 511 g/mol. The minimum absolute atomic E-state index is 0.0227. The van der Waals surface area contributed by atoms with Crippen LogP contribution in [0, 0.1) is 6.92 Å². The van der Waals surface area contributed by atoms with Crippen LogP contribution in [0.1, 0.15) is 53.2 Å². The monoisotopic (exact) mass is 510 g/mol. The van der Waals surface area contributed by atoms with Crippen LogP contribution in [0.25, 0.3) is 0 Å². The Balaban J connectivity index is 1.19. The number of hydrogen-bond acceptors (Lipinski definition) is 6. The summed E-state index contributed by atoms with van der Waals surface area (Å²) in [7, 11) is 0. The first-order chi connectivity index (χ1) is 16.8. The van der Waals surface area contributed by atoms with Crippen LogP contribution < -0.4 is 10.1 Å². The molecule has 0 saturated heterocycles. The fourth-order valence-corrected chi connectivity index (χ4v) is 5.67. The molecule has 0 spiro atoms. The Morgan fingerprint density at radius 1 is 1.29 bits per heavy atom. The Hall–Kier alpha value is -2.20. The van der Waals surface area contributed by atoms with E-state index in [0.29, 0.717) is 51.5 Å². The number of nitrogens with zero attached hydrogens (tertiary/aromatic N) is 3. The number of rotatable bonds is 9. The Morgan fingerprint density at radius 2 is 2.06 bits per heavy atom. The number of pyridine rings is 1. The molecule has 1 aliphatic heterocycles. The van der Waals surface area contributed by atoms with Crippen molar-refractivity contribution in [1.82, 2.24) is 20.2 Å². The SMILES string of the molecule is Cc1ncc(CC(=O)NC2CCC(F)(CCN3CCc4ccc(OCC(F)F)nc4CC3)CC2)s1. The second kappa shape index (κ2) is 11.7. The molecule has 35 heavy (non-hydrogen) atoms. The van der Waals surface area contributed by atoms with Crippen LogP contribution in [0.5, 0.6) is 5.88 Å². The van der Waals surface area contributed by atoms with E-state index in [-0.39, 0.29) is 17.8 Å². The van der Waals surface area contributed by atoms with Crippen molar-refractivity contribution in [2.45, 2.75) is 76.4 Å². The zero-order valence-corrected chi connectivity index (χ0v) is 20.9. The van der Waals surface area contributed by atoms with Gasteiger partial charge in [0, 0.05) is 54.9 Å². The van der Waals surface area contributed by atoms with E-state index >= 15 is 4.39 Å². The second-order valence-electron chi connectivity index (χ2n) is 9.56. The van der Waals surface area contributed by atoms with Crippen LogP contribution in [0.2, 0.25) is 0 Å². The Bertz CT molecular complexity index is 995. The lowest BCUT2D eigenvalue weighted by Crippen LogP contribution is -2.43. The summed E-state index contributed by atoms with van der Waals surface area (Å²) >= 11 is 1.53. The molecule has 1 fully saturated rings. The first-order valence-electron chi connectivity index (χ1n) is 12.3. The van der Waals surface area contributed by atoms with Crippen molar-refractivity contribution >= 4 is 17.2 Å². The van der Waals surface area contributed by atoms with E-state index in [1.54, 1.807) is 12.3 Å². The van der Waals surface area contributed by atoms with E-state index in [4.69, 9.17) is 4.74 Å². The van der Waals surface area contributed by atoms with Gasteiger partial charge in [-0.2, -0.15) is 0 Å². The molecule has 1 saturated carbocycles. The number of aromatic nitrogens is 2. The molecule has 0 radical (unpaired) electrons. The highest BCUT2D eigenvalue weighted by Crippen LogP contribution is 2.35. The molecule has 1 N–H and O–H groups in total. The molecule has 0 atom stereocenters. The van der Waals surface area contributed by atoms with E-state index in [2.05, 4.69) is 20.2 Å². The van der Waals surface area contributed by atoms with Crippen molar-refractivity contribution in [3.63, 3.8) is 0 Å². The summed E-state index contributed by atoms with van der Waals surface area (Å²) in [6.45, 7) is 3.50. The van der Waals surface area contributed by atoms with Crippen molar-refractivity contribution in [3.8, 4) is 5.88 Å². The molecule has 0 unspecified atom stereocenters. The predicted molar refractivity (Wildman–Crippen MR) is 129 cm³/mol. The smallest absolute Gasteiger partial charge is 0.272 e. The van der Waals surface area contributed by atoms with E-state index in [1.165, 1.54) is 11.3 Å². The summed E-state index contributed by atoms with van der Waals surface area (Å²) in [4.78, 5) is 24.1. The number of carbonyl (C=O) groups excluding carboxylic acids is 1. The van der Waals surface area contributed by atoms with Gasteiger partial charge in [-0.15, -0.1) is 11.3 Å². The normalized spacial score (nSPS) is 23.1. The summed E-state index contributed by atoms with van der Waals surface area (Å²) in [5, 5.41) is 4.01. The van der Waals surface area contributed by atoms with E-state index in [0.717, 1.165) is 40.7 Å². The maximum Gasteiger partial charge on any atom is 0.272 e. The van der Waals surface area contributed by atoms with Gasteiger partial charge >= 0.3 is 0 Å². The molecule has 6 nitrogen and oxygen atoms in total. The third-order valence-corrected chi connectivity index (χ3v) is 7.80. The molecule has 2 aliphatic rings. The summed E-state index contributed by atoms with van der Waals surface area (Å²) in [6.07, 6.45) is 3.72. The summed E-state index contributed by atoms with van der Waals surface area (Å²) < 4.78 is 45.4. The van der Waals surface area contributed by atoms with E-state index in [1.807, 2.05) is 13.0 Å². The lowest BCUT2D eigenvalue weighted by atomic mass is 9.81. The molecule has 0 bridgehead atoms. The van der Waals surface area contributed by atoms with Gasteiger partial charge in [-0.3, -0.25) is 4.79 Å². The van der Waals surface area contributed by atoms with Crippen molar-refractivity contribution in [3.05, 3.63) is 39.5 Å². The largest absolute Gasteiger partial charge is 0.472 e. The standard InChI is InChI=1S/C25H33F3N4O2S/c1-17-29-15-20(35-17)14-23(33)30-19-4-8-25(28,9-5-19)10-13-32-11-6-18-2-3-24(34-16-22(26)27)31-21(18)7-12-32/h2-3,15,19,22H,4-14,16H2,1H3,(H,30,33). The number of amides is 1. The van der Waals surface area contributed by atoms with E-state index in [9.17, 15) is 13.6 Å². The Labute approximate surface area is 208 Å². The molecular weight excluding hydrogens is 477 g/mol. The van der Waals surface area contributed by atoms with Gasteiger partial charge in [-0.1, -0.05) is 6.07 Å². The zero-order chi connectivity index (χ0) is 24.8. The van der Waals surface area contributed by atoms with Gasteiger partial charge in [0.25, 0.3) is 6.43 Å². The van der Waals surface area contributed by atoms with Crippen molar-refractivity contribution in [2.75, 3.05) is 26.2 Å². The Morgan fingerprint density at radius 3 is 2.77 bits per heavy atom. The van der Waals surface area contributed by atoms with E-state index < -0.39 is 18.7 Å². The minimum Gasteiger partial charge on any atom is -0.472 e. The molecule has 1 aliphatic carbocycles. The van der Waals surface area contributed by atoms with Gasteiger partial charge in [0.15, 0.2) is 6.61 Å². The van der Waals surface area contributed by atoms with Crippen LogP contribution in [0.15, 0.2) is 18.3 Å². The lowest BCUT2D eigenvalue weighted by molar-refractivity contribution is -0.121. The highest BCUT2D eigenvalue weighted by atomic mass is 32.1. The molecule has 2 aromatic rings. The maximum absolute atomic E-state index is 15.5. The quantitative estimate of drug-likeness (QED) is 0.545. The van der Waals surface area contributed by atoms with Crippen LogP contribution in [0.4, 0.5) is 13.2 Å². The van der Waals surface area contributed by atoms with Crippen molar-refractivity contribution in [2.24, 2.45) is 0 Å². The minimum atomic E-state index is -2.53. The topological polar surface area (TPSA) is 67.4 Å². The van der Waals surface area contributed by atoms with Crippen LogP contribution in [0.3, 0.4) is 0 Å². The fourth-order valence-electron chi connectivity index (χ4n) is 4.87. The fraction of sp³-hybridized carbons (Fsp3) is 0.640. The number of halogens is 3. The molecule has 2 aromatic heterocycles. The Kier molecular flexibility index (Phi) is 8.64. The van der Waals surface area contributed by atoms with Gasteiger partial charge in [0.2, 0.25) is 11.8 Å². The number of nitrogens with one attached hydrogen (secondary N) is 1. The lowest BCUT2D eigenvalue weighted by Gasteiger charge is -2.35. The molecule has 0 aromatic carbocycles. The van der Waals surface area contributed by atoms with Gasteiger partial charge in [-0.25, -0.2) is 23.1 Å². The second-order valence-corrected chi connectivity index (χ2v) is 10.9. The summed E-state index contributed by atoms with van der Waals surface area (Å²) in [6, 6.07) is 3.57. The average Bonchev–Trinajstić information content (AvgIpc) is 3.12. The maximum atomic E-state index is 15.5. The summed E-state index contributed by atoms with van der Waals surface area (Å²) in [5.41, 5.74) is 0.763. The number of aryl methyl sites for hydroxylation is 1. The van der Waals surface area contributed by atoms with Gasteiger partial charge in [0.05, 0.1) is 11.4 Å². The molecule has 10 heteroatoms. The molecule has 192 valence electrons. The van der Waals surface area contributed by atoms with Crippen molar-refractivity contribution < 1.29 is 22.7 Å². The number of alkyl halides is 3.